The average molecular weight is 286 g/mol. The van der Waals surface area contributed by atoms with Crippen LogP contribution in [0.1, 0.15) is 21.5 Å². The zero-order valence-electron chi connectivity index (χ0n) is 12.2. The molecule has 2 aromatic rings. The molecule has 0 unspecified atom stereocenters. The second kappa shape index (κ2) is 6.99. The Balaban J connectivity index is 2.22. The van der Waals surface area contributed by atoms with Gasteiger partial charge in [0, 0.05) is 16.8 Å². The van der Waals surface area contributed by atoms with Crippen molar-refractivity contribution in [3.05, 3.63) is 65.0 Å². The molecule has 4 heteroatoms. The molecule has 0 radical (unpaired) electrons. The van der Waals surface area contributed by atoms with Gasteiger partial charge in [-0.2, -0.15) is 0 Å². The predicted octanol–water partition coefficient (Wildman–Crippen LogP) is 3.15. The highest BCUT2D eigenvalue weighted by Crippen LogP contribution is 2.19. The highest BCUT2D eigenvalue weighted by Gasteiger charge is 2.12. The molecule has 0 heterocycles. The van der Waals surface area contributed by atoms with Crippen LogP contribution in [0.2, 0.25) is 0 Å². The van der Waals surface area contributed by atoms with Crippen LogP contribution in [-0.2, 0) is 6.42 Å². The number of likely N-dealkylation sites (N-methyl/N-ethyl adjacent to an activating group) is 1. The normalized spacial score (nSPS) is 10.4. The van der Waals surface area contributed by atoms with E-state index in [2.05, 4.69) is 10.6 Å². The van der Waals surface area contributed by atoms with Crippen LogP contribution in [0.25, 0.3) is 0 Å². The Morgan fingerprint density at radius 2 is 1.90 bits per heavy atom. The van der Waals surface area contributed by atoms with Gasteiger partial charge in [0.25, 0.3) is 5.91 Å². The lowest BCUT2D eigenvalue weighted by Crippen LogP contribution is -2.17. The summed E-state index contributed by atoms with van der Waals surface area (Å²) in [4.78, 5) is 12.4. The van der Waals surface area contributed by atoms with Crippen LogP contribution in [0.5, 0.6) is 0 Å². The maximum Gasteiger partial charge on any atom is 0.255 e. The Hall–Kier alpha value is -2.20. The number of carbonyl (C=O) groups is 1. The molecule has 0 aliphatic heterocycles. The fourth-order valence-electron chi connectivity index (χ4n) is 2.15. The van der Waals surface area contributed by atoms with Crippen LogP contribution < -0.4 is 10.6 Å². The van der Waals surface area contributed by atoms with E-state index in [0.29, 0.717) is 16.8 Å². The summed E-state index contributed by atoms with van der Waals surface area (Å²) in [7, 11) is 1.87. The molecule has 0 fully saturated rings. The largest absolute Gasteiger partial charge is 0.322 e. The van der Waals surface area contributed by atoms with Gasteiger partial charge in [0.05, 0.1) is 0 Å². The summed E-state index contributed by atoms with van der Waals surface area (Å²) in [6.45, 7) is 2.45. The summed E-state index contributed by atoms with van der Waals surface area (Å²) in [5, 5.41) is 5.85. The predicted molar refractivity (Wildman–Crippen MR) is 83.2 cm³/mol. The van der Waals surface area contributed by atoms with Crippen molar-refractivity contribution in [2.75, 3.05) is 18.9 Å². The Morgan fingerprint density at radius 1 is 1.14 bits per heavy atom. The third-order valence-electron chi connectivity index (χ3n) is 3.42. The van der Waals surface area contributed by atoms with Gasteiger partial charge in [0.15, 0.2) is 0 Å². The minimum atomic E-state index is -0.323. The standard InChI is InChI=1S/C17H19FN2O/c1-12-15(18)8-5-9-16(12)20-17(21)14-7-4-3-6-13(14)10-11-19-2/h3-9,19H,10-11H2,1-2H3,(H,20,21). The zero-order chi connectivity index (χ0) is 15.2. The molecule has 1 amide bonds. The Kier molecular flexibility index (Phi) is 5.06. The highest BCUT2D eigenvalue weighted by atomic mass is 19.1. The first-order valence-electron chi connectivity index (χ1n) is 6.92. The summed E-state index contributed by atoms with van der Waals surface area (Å²) in [5.74, 6) is -0.535. The monoisotopic (exact) mass is 286 g/mol. The van der Waals surface area contributed by atoms with E-state index in [9.17, 15) is 9.18 Å². The molecule has 3 nitrogen and oxygen atoms in total. The van der Waals surface area contributed by atoms with Gasteiger partial charge in [-0.05, 0) is 50.7 Å². The molecular formula is C17H19FN2O. The number of hydrogen-bond acceptors (Lipinski definition) is 2. The highest BCUT2D eigenvalue weighted by molar-refractivity contribution is 6.05. The summed E-state index contributed by atoms with van der Waals surface area (Å²) in [6.07, 6.45) is 0.766. The first-order chi connectivity index (χ1) is 10.1. The lowest BCUT2D eigenvalue weighted by Gasteiger charge is -2.12. The molecule has 0 saturated heterocycles. The molecule has 21 heavy (non-hydrogen) atoms. The Labute approximate surface area is 124 Å². The van der Waals surface area contributed by atoms with Gasteiger partial charge in [-0.3, -0.25) is 4.79 Å². The SMILES string of the molecule is CNCCc1ccccc1C(=O)Nc1cccc(F)c1C. The van der Waals surface area contributed by atoms with Gasteiger partial charge in [-0.1, -0.05) is 24.3 Å². The van der Waals surface area contributed by atoms with Gasteiger partial charge in [0.2, 0.25) is 0 Å². The van der Waals surface area contributed by atoms with E-state index in [0.717, 1.165) is 18.5 Å². The molecule has 2 aromatic carbocycles. The van der Waals surface area contributed by atoms with Crippen LogP contribution >= 0.6 is 0 Å². The van der Waals surface area contributed by atoms with Crippen molar-refractivity contribution >= 4 is 11.6 Å². The van der Waals surface area contributed by atoms with E-state index in [-0.39, 0.29) is 11.7 Å². The average Bonchev–Trinajstić information content (AvgIpc) is 2.50. The first kappa shape index (κ1) is 15.2. The second-order valence-electron chi connectivity index (χ2n) is 4.88. The van der Waals surface area contributed by atoms with Crippen LogP contribution in [0, 0.1) is 12.7 Å². The molecule has 0 saturated carbocycles. The van der Waals surface area contributed by atoms with E-state index in [4.69, 9.17) is 0 Å². The fraction of sp³-hybridized carbons (Fsp3) is 0.235. The molecule has 2 rings (SSSR count). The van der Waals surface area contributed by atoms with E-state index in [1.165, 1.54) is 6.07 Å². The number of amides is 1. The van der Waals surface area contributed by atoms with Crippen LogP contribution in [-0.4, -0.2) is 19.5 Å². The Morgan fingerprint density at radius 3 is 2.67 bits per heavy atom. The van der Waals surface area contributed by atoms with Crippen molar-refractivity contribution in [2.24, 2.45) is 0 Å². The number of nitrogens with one attached hydrogen (secondary N) is 2. The number of benzene rings is 2. The van der Waals surface area contributed by atoms with Gasteiger partial charge < -0.3 is 10.6 Å². The fourth-order valence-corrected chi connectivity index (χ4v) is 2.15. The number of carbonyl (C=O) groups excluding carboxylic acids is 1. The topological polar surface area (TPSA) is 41.1 Å². The summed E-state index contributed by atoms with van der Waals surface area (Å²) >= 11 is 0. The number of halogens is 1. The van der Waals surface area contributed by atoms with E-state index in [1.807, 2.05) is 25.2 Å². The van der Waals surface area contributed by atoms with E-state index in [1.54, 1.807) is 25.1 Å². The minimum Gasteiger partial charge on any atom is -0.322 e. The summed E-state index contributed by atoms with van der Waals surface area (Å²) in [5.41, 5.74) is 2.54. The molecule has 110 valence electrons. The molecular weight excluding hydrogens is 267 g/mol. The van der Waals surface area contributed by atoms with Crippen LogP contribution in [0.15, 0.2) is 42.5 Å². The summed E-state index contributed by atoms with van der Waals surface area (Å²) in [6, 6.07) is 12.1. The molecule has 0 aliphatic carbocycles. The molecule has 0 atom stereocenters. The third-order valence-corrected chi connectivity index (χ3v) is 3.42. The van der Waals surface area contributed by atoms with Crippen molar-refractivity contribution in [1.29, 1.82) is 0 Å². The van der Waals surface area contributed by atoms with Gasteiger partial charge in [-0.25, -0.2) is 4.39 Å². The van der Waals surface area contributed by atoms with Crippen LogP contribution in [0.3, 0.4) is 0 Å². The molecule has 0 aromatic heterocycles. The molecule has 0 aliphatic rings. The smallest absolute Gasteiger partial charge is 0.255 e. The third kappa shape index (κ3) is 3.67. The van der Waals surface area contributed by atoms with Crippen molar-refractivity contribution in [2.45, 2.75) is 13.3 Å². The maximum atomic E-state index is 13.5. The number of hydrogen-bond donors (Lipinski definition) is 2. The molecule has 2 N–H and O–H groups in total. The van der Waals surface area contributed by atoms with Crippen LogP contribution in [0.4, 0.5) is 10.1 Å². The van der Waals surface area contributed by atoms with Crippen molar-refractivity contribution in [1.82, 2.24) is 5.32 Å². The van der Waals surface area contributed by atoms with Gasteiger partial charge in [0.1, 0.15) is 5.82 Å². The number of anilines is 1. The van der Waals surface area contributed by atoms with Crippen molar-refractivity contribution < 1.29 is 9.18 Å². The second-order valence-corrected chi connectivity index (χ2v) is 4.88. The molecule has 0 bridgehead atoms. The number of rotatable bonds is 5. The first-order valence-corrected chi connectivity index (χ1v) is 6.92. The minimum absolute atomic E-state index is 0.213. The lowest BCUT2D eigenvalue weighted by atomic mass is 10.0. The zero-order valence-corrected chi connectivity index (χ0v) is 12.2. The maximum absolute atomic E-state index is 13.5. The van der Waals surface area contributed by atoms with E-state index < -0.39 is 0 Å². The van der Waals surface area contributed by atoms with E-state index >= 15 is 0 Å². The Bertz CT molecular complexity index is 640. The summed E-state index contributed by atoms with van der Waals surface area (Å²) < 4.78 is 13.5. The quantitative estimate of drug-likeness (QED) is 0.886. The lowest BCUT2D eigenvalue weighted by molar-refractivity contribution is 0.102. The van der Waals surface area contributed by atoms with Gasteiger partial charge in [-0.15, -0.1) is 0 Å². The van der Waals surface area contributed by atoms with Crippen molar-refractivity contribution in [3.63, 3.8) is 0 Å². The van der Waals surface area contributed by atoms with Gasteiger partial charge >= 0.3 is 0 Å². The van der Waals surface area contributed by atoms with Crippen molar-refractivity contribution in [3.8, 4) is 0 Å². The molecule has 0 spiro atoms.